The molecule has 4 heteroatoms. The van der Waals surface area contributed by atoms with Crippen LogP contribution in [-0.4, -0.2) is 49.7 Å². The molecule has 0 bridgehead atoms. The predicted octanol–water partition coefficient (Wildman–Crippen LogP) is 2.43. The maximum absolute atomic E-state index is 12.5. The first-order valence-electron chi connectivity index (χ1n) is 8.72. The molecule has 2 aliphatic rings. The largest absolute Gasteiger partial charge is 0.468 e. The summed E-state index contributed by atoms with van der Waals surface area (Å²) in [6, 6.07) is 0. The zero-order chi connectivity index (χ0) is 15.3. The lowest BCUT2D eigenvalue weighted by atomic mass is 9.92. The predicted molar refractivity (Wildman–Crippen MR) is 85.2 cm³/mol. The standard InChI is InChI=1S/C17H32N2O2/c1-4-6-14-9-11-19(12-14)13-17(15-7-8-15,16(20)21-3)18-10-5-2/h14-15,18H,4-13H2,1-3H3. The minimum absolute atomic E-state index is 0.0580. The van der Waals surface area contributed by atoms with E-state index in [0.717, 1.165) is 51.4 Å². The first kappa shape index (κ1) is 16.8. The number of methoxy groups -OCH3 is 1. The van der Waals surface area contributed by atoms with Crippen LogP contribution in [-0.2, 0) is 9.53 Å². The van der Waals surface area contributed by atoms with Crippen molar-refractivity contribution in [2.24, 2.45) is 11.8 Å². The molecule has 2 atom stereocenters. The van der Waals surface area contributed by atoms with Crippen molar-refractivity contribution in [2.45, 2.75) is 57.9 Å². The summed E-state index contributed by atoms with van der Waals surface area (Å²) in [7, 11) is 1.52. The van der Waals surface area contributed by atoms with Crippen molar-refractivity contribution in [3.63, 3.8) is 0 Å². The summed E-state index contributed by atoms with van der Waals surface area (Å²) in [5.74, 6) is 1.22. The molecule has 0 aromatic heterocycles. The van der Waals surface area contributed by atoms with Gasteiger partial charge in [-0.2, -0.15) is 0 Å². The number of esters is 1. The van der Waals surface area contributed by atoms with Crippen molar-refractivity contribution >= 4 is 5.97 Å². The van der Waals surface area contributed by atoms with E-state index < -0.39 is 5.54 Å². The molecule has 0 radical (unpaired) electrons. The Morgan fingerprint density at radius 3 is 2.62 bits per heavy atom. The molecule has 1 saturated carbocycles. The SMILES string of the molecule is CCCNC(CN1CCC(CCC)C1)(C(=O)OC)C1CC1. The Kier molecular flexibility index (Phi) is 6.06. The molecule has 0 aromatic carbocycles. The molecule has 1 heterocycles. The van der Waals surface area contributed by atoms with Crippen LogP contribution in [0.1, 0.15) is 52.4 Å². The third-order valence-electron chi connectivity index (χ3n) is 5.05. The van der Waals surface area contributed by atoms with Gasteiger partial charge in [-0.05, 0) is 57.0 Å². The zero-order valence-corrected chi connectivity index (χ0v) is 14.0. The number of nitrogens with one attached hydrogen (secondary N) is 1. The van der Waals surface area contributed by atoms with Gasteiger partial charge in [0.1, 0.15) is 5.54 Å². The smallest absolute Gasteiger partial charge is 0.327 e. The summed E-state index contributed by atoms with van der Waals surface area (Å²) in [6.07, 6.45) is 7.20. The molecule has 21 heavy (non-hydrogen) atoms. The van der Waals surface area contributed by atoms with E-state index in [1.165, 1.54) is 26.4 Å². The molecule has 0 amide bonds. The molecule has 2 fully saturated rings. The third kappa shape index (κ3) is 3.98. The van der Waals surface area contributed by atoms with Gasteiger partial charge in [-0.15, -0.1) is 0 Å². The van der Waals surface area contributed by atoms with Gasteiger partial charge in [-0.25, -0.2) is 4.79 Å². The topological polar surface area (TPSA) is 41.6 Å². The van der Waals surface area contributed by atoms with Crippen LogP contribution >= 0.6 is 0 Å². The Morgan fingerprint density at radius 2 is 2.05 bits per heavy atom. The van der Waals surface area contributed by atoms with Crippen LogP contribution in [0.4, 0.5) is 0 Å². The summed E-state index contributed by atoms with van der Waals surface area (Å²) in [5.41, 5.74) is -0.466. The number of rotatable bonds is 9. The quantitative estimate of drug-likeness (QED) is 0.664. The van der Waals surface area contributed by atoms with E-state index in [-0.39, 0.29) is 5.97 Å². The van der Waals surface area contributed by atoms with Crippen LogP contribution in [0.15, 0.2) is 0 Å². The number of carbonyl (C=O) groups excluding carboxylic acids is 1. The number of likely N-dealkylation sites (tertiary alicyclic amines) is 1. The molecule has 1 aliphatic carbocycles. The summed E-state index contributed by atoms with van der Waals surface area (Å²) in [5, 5.41) is 3.55. The van der Waals surface area contributed by atoms with Crippen LogP contribution in [0, 0.1) is 11.8 Å². The molecule has 0 spiro atoms. The van der Waals surface area contributed by atoms with Gasteiger partial charge in [0.15, 0.2) is 0 Å². The monoisotopic (exact) mass is 296 g/mol. The van der Waals surface area contributed by atoms with Gasteiger partial charge in [0.05, 0.1) is 7.11 Å². The highest BCUT2D eigenvalue weighted by Gasteiger charge is 2.52. The van der Waals surface area contributed by atoms with Crippen molar-refractivity contribution in [3.05, 3.63) is 0 Å². The maximum Gasteiger partial charge on any atom is 0.327 e. The van der Waals surface area contributed by atoms with Gasteiger partial charge < -0.3 is 15.0 Å². The maximum atomic E-state index is 12.5. The van der Waals surface area contributed by atoms with E-state index in [0.29, 0.717) is 5.92 Å². The van der Waals surface area contributed by atoms with Crippen LogP contribution in [0.2, 0.25) is 0 Å². The Labute approximate surface area is 129 Å². The van der Waals surface area contributed by atoms with Crippen molar-refractivity contribution in [1.82, 2.24) is 10.2 Å². The molecule has 1 N–H and O–H groups in total. The fraction of sp³-hybridized carbons (Fsp3) is 0.941. The Bertz CT molecular complexity index is 344. The molecule has 122 valence electrons. The van der Waals surface area contributed by atoms with Gasteiger partial charge in [-0.1, -0.05) is 20.3 Å². The van der Waals surface area contributed by atoms with Gasteiger partial charge in [0.2, 0.25) is 0 Å². The molecule has 1 saturated heterocycles. The van der Waals surface area contributed by atoms with Crippen molar-refractivity contribution in [3.8, 4) is 0 Å². The Balaban J connectivity index is 2.03. The molecule has 0 aromatic rings. The molecule has 4 nitrogen and oxygen atoms in total. The van der Waals surface area contributed by atoms with E-state index >= 15 is 0 Å². The number of carbonyl (C=O) groups is 1. The number of hydrogen-bond donors (Lipinski definition) is 1. The second-order valence-corrected chi connectivity index (χ2v) is 6.84. The summed E-state index contributed by atoms with van der Waals surface area (Å²) in [6.45, 7) is 8.39. The summed E-state index contributed by atoms with van der Waals surface area (Å²) < 4.78 is 5.17. The number of nitrogens with zero attached hydrogens (tertiary/aromatic N) is 1. The van der Waals surface area contributed by atoms with Crippen molar-refractivity contribution in [1.29, 1.82) is 0 Å². The minimum Gasteiger partial charge on any atom is -0.468 e. The number of ether oxygens (including phenoxy) is 1. The van der Waals surface area contributed by atoms with Gasteiger partial charge in [0.25, 0.3) is 0 Å². The van der Waals surface area contributed by atoms with E-state index in [1.807, 2.05) is 0 Å². The van der Waals surface area contributed by atoms with E-state index in [1.54, 1.807) is 0 Å². The molecular formula is C17H32N2O2. The van der Waals surface area contributed by atoms with Gasteiger partial charge in [0, 0.05) is 13.1 Å². The highest BCUT2D eigenvalue weighted by atomic mass is 16.5. The van der Waals surface area contributed by atoms with Crippen molar-refractivity contribution < 1.29 is 9.53 Å². The first-order chi connectivity index (χ1) is 10.2. The lowest BCUT2D eigenvalue weighted by molar-refractivity contribution is -0.150. The van der Waals surface area contributed by atoms with Gasteiger partial charge >= 0.3 is 5.97 Å². The average Bonchev–Trinajstić information content (AvgIpc) is 3.26. The second kappa shape index (κ2) is 7.59. The molecule has 2 rings (SSSR count). The molecule has 1 aliphatic heterocycles. The first-order valence-corrected chi connectivity index (χ1v) is 8.72. The Hall–Kier alpha value is -0.610. The lowest BCUT2D eigenvalue weighted by Crippen LogP contribution is -2.61. The van der Waals surface area contributed by atoms with Gasteiger partial charge in [-0.3, -0.25) is 0 Å². The lowest BCUT2D eigenvalue weighted by Gasteiger charge is -2.36. The summed E-state index contributed by atoms with van der Waals surface area (Å²) in [4.78, 5) is 15.0. The minimum atomic E-state index is -0.466. The van der Waals surface area contributed by atoms with Crippen LogP contribution in [0.25, 0.3) is 0 Å². The van der Waals surface area contributed by atoms with Crippen LogP contribution < -0.4 is 5.32 Å². The average molecular weight is 296 g/mol. The van der Waals surface area contributed by atoms with Crippen LogP contribution in [0.3, 0.4) is 0 Å². The van der Waals surface area contributed by atoms with E-state index in [9.17, 15) is 4.79 Å². The summed E-state index contributed by atoms with van der Waals surface area (Å²) >= 11 is 0. The van der Waals surface area contributed by atoms with Crippen LogP contribution in [0.5, 0.6) is 0 Å². The number of hydrogen-bond acceptors (Lipinski definition) is 4. The fourth-order valence-corrected chi connectivity index (χ4v) is 3.79. The molecular weight excluding hydrogens is 264 g/mol. The third-order valence-corrected chi connectivity index (χ3v) is 5.05. The van der Waals surface area contributed by atoms with E-state index in [4.69, 9.17) is 4.74 Å². The highest BCUT2D eigenvalue weighted by molar-refractivity contribution is 5.82. The normalized spacial score (nSPS) is 25.8. The van der Waals surface area contributed by atoms with Crippen molar-refractivity contribution in [2.75, 3.05) is 33.3 Å². The molecule has 2 unspecified atom stereocenters. The fourth-order valence-electron chi connectivity index (χ4n) is 3.79. The second-order valence-electron chi connectivity index (χ2n) is 6.84. The highest BCUT2D eigenvalue weighted by Crippen LogP contribution is 2.41. The zero-order valence-electron chi connectivity index (χ0n) is 14.0. The Morgan fingerprint density at radius 1 is 1.29 bits per heavy atom. The van der Waals surface area contributed by atoms with E-state index in [2.05, 4.69) is 24.1 Å².